The molecule has 7 nitrogen and oxygen atoms in total. The summed E-state index contributed by atoms with van der Waals surface area (Å²) in [5.41, 5.74) is 5.57. The van der Waals surface area contributed by atoms with Gasteiger partial charge >= 0.3 is 5.97 Å². The van der Waals surface area contributed by atoms with Crippen molar-refractivity contribution in [2.24, 2.45) is 0 Å². The number of aromatic nitrogens is 2. The number of nitrogen functional groups attached to an aromatic ring is 1. The molecule has 0 radical (unpaired) electrons. The SMILES string of the molecule is COC(=O)C1COCCN1c1cncc(N)n1. The van der Waals surface area contributed by atoms with Gasteiger partial charge in [-0.3, -0.25) is 4.98 Å². The molecule has 1 atom stereocenters. The lowest BCUT2D eigenvalue weighted by atomic mass is 10.2. The van der Waals surface area contributed by atoms with E-state index < -0.39 is 6.04 Å². The molecule has 1 aromatic rings. The molecule has 0 aromatic carbocycles. The molecule has 0 saturated carbocycles. The number of methoxy groups -OCH3 is 1. The molecule has 1 fully saturated rings. The molecule has 0 aliphatic carbocycles. The molecule has 1 aliphatic heterocycles. The first-order valence-electron chi connectivity index (χ1n) is 5.22. The average molecular weight is 238 g/mol. The standard InChI is InChI=1S/C10H14N4O3/c1-16-10(15)7-6-17-3-2-14(7)9-5-12-4-8(11)13-9/h4-5,7H,2-3,6H2,1H3,(H2,11,13). The van der Waals surface area contributed by atoms with E-state index in [1.54, 1.807) is 11.1 Å². The molecule has 0 spiro atoms. The topological polar surface area (TPSA) is 90.6 Å². The van der Waals surface area contributed by atoms with E-state index in [-0.39, 0.29) is 12.6 Å². The highest BCUT2D eigenvalue weighted by atomic mass is 16.5. The summed E-state index contributed by atoms with van der Waals surface area (Å²) >= 11 is 0. The zero-order valence-electron chi connectivity index (χ0n) is 9.50. The zero-order valence-corrected chi connectivity index (χ0v) is 9.50. The number of nitrogens with zero attached hydrogens (tertiary/aromatic N) is 3. The number of anilines is 2. The van der Waals surface area contributed by atoms with Crippen LogP contribution in [-0.4, -0.2) is 48.8 Å². The molecule has 1 aliphatic rings. The van der Waals surface area contributed by atoms with E-state index in [0.29, 0.717) is 24.8 Å². The first-order chi connectivity index (χ1) is 8.22. The summed E-state index contributed by atoms with van der Waals surface area (Å²) in [6, 6.07) is -0.496. The fourth-order valence-corrected chi connectivity index (χ4v) is 1.72. The Bertz CT molecular complexity index is 412. The van der Waals surface area contributed by atoms with Crippen LogP contribution in [-0.2, 0) is 14.3 Å². The highest BCUT2D eigenvalue weighted by Gasteiger charge is 2.31. The first kappa shape index (κ1) is 11.6. The minimum Gasteiger partial charge on any atom is -0.467 e. The molecule has 1 aromatic heterocycles. The maximum atomic E-state index is 11.6. The van der Waals surface area contributed by atoms with Crippen LogP contribution in [0.4, 0.5) is 11.6 Å². The van der Waals surface area contributed by atoms with Gasteiger partial charge < -0.3 is 20.1 Å². The largest absolute Gasteiger partial charge is 0.467 e. The maximum Gasteiger partial charge on any atom is 0.330 e. The number of hydrogen-bond acceptors (Lipinski definition) is 7. The van der Waals surface area contributed by atoms with Crippen LogP contribution >= 0.6 is 0 Å². The Balaban J connectivity index is 2.24. The summed E-state index contributed by atoms with van der Waals surface area (Å²) < 4.78 is 10.00. The first-order valence-corrected chi connectivity index (χ1v) is 5.22. The molecule has 0 bridgehead atoms. The predicted molar refractivity (Wildman–Crippen MR) is 60.4 cm³/mol. The Labute approximate surface area is 98.5 Å². The molecular formula is C10H14N4O3. The van der Waals surface area contributed by atoms with Gasteiger partial charge in [0.25, 0.3) is 0 Å². The number of morpholine rings is 1. The van der Waals surface area contributed by atoms with E-state index in [4.69, 9.17) is 15.2 Å². The number of ether oxygens (including phenoxy) is 2. The van der Waals surface area contributed by atoms with Gasteiger partial charge in [0.05, 0.1) is 32.7 Å². The summed E-state index contributed by atoms with van der Waals surface area (Å²) in [6.07, 6.45) is 3.02. The molecule has 2 rings (SSSR count). The Hall–Kier alpha value is -1.89. The minimum absolute atomic E-state index is 0.281. The number of carbonyl (C=O) groups excluding carboxylic acids is 1. The fraction of sp³-hybridized carbons (Fsp3) is 0.500. The Morgan fingerprint density at radius 1 is 1.65 bits per heavy atom. The van der Waals surface area contributed by atoms with E-state index >= 15 is 0 Å². The smallest absolute Gasteiger partial charge is 0.330 e. The van der Waals surface area contributed by atoms with E-state index in [1.807, 2.05) is 0 Å². The molecule has 92 valence electrons. The van der Waals surface area contributed by atoms with Crippen molar-refractivity contribution < 1.29 is 14.3 Å². The van der Waals surface area contributed by atoms with Crippen molar-refractivity contribution in [1.82, 2.24) is 9.97 Å². The van der Waals surface area contributed by atoms with Gasteiger partial charge in [0.1, 0.15) is 11.6 Å². The van der Waals surface area contributed by atoms with Gasteiger partial charge in [-0.2, -0.15) is 0 Å². The van der Waals surface area contributed by atoms with E-state index in [1.165, 1.54) is 13.3 Å². The zero-order chi connectivity index (χ0) is 12.3. The van der Waals surface area contributed by atoms with Crippen molar-refractivity contribution >= 4 is 17.6 Å². The van der Waals surface area contributed by atoms with Gasteiger partial charge in [0.2, 0.25) is 0 Å². The van der Waals surface area contributed by atoms with Crippen molar-refractivity contribution in [1.29, 1.82) is 0 Å². The Morgan fingerprint density at radius 2 is 2.47 bits per heavy atom. The van der Waals surface area contributed by atoms with Gasteiger partial charge in [-0.15, -0.1) is 0 Å². The van der Waals surface area contributed by atoms with E-state index in [0.717, 1.165) is 0 Å². The van der Waals surface area contributed by atoms with Gasteiger partial charge in [-0.05, 0) is 0 Å². The summed E-state index contributed by atoms with van der Waals surface area (Å²) in [7, 11) is 1.35. The monoisotopic (exact) mass is 238 g/mol. The van der Waals surface area contributed by atoms with E-state index in [9.17, 15) is 4.79 Å². The van der Waals surface area contributed by atoms with E-state index in [2.05, 4.69) is 9.97 Å². The van der Waals surface area contributed by atoms with Crippen molar-refractivity contribution in [3.05, 3.63) is 12.4 Å². The Kier molecular flexibility index (Phi) is 3.38. The lowest BCUT2D eigenvalue weighted by Crippen LogP contribution is -2.51. The molecule has 7 heteroatoms. The highest BCUT2D eigenvalue weighted by Crippen LogP contribution is 2.18. The van der Waals surface area contributed by atoms with Crippen molar-refractivity contribution in [2.75, 3.05) is 37.5 Å². The van der Waals surface area contributed by atoms with Crippen LogP contribution in [0.2, 0.25) is 0 Å². The van der Waals surface area contributed by atoms with Gasteiger partial charge in [-0.1, -0.05) is 0 Å². The summed E-state index contributed by atoms with van der Waals surface area (Å²) in [5.74, 6) is 0.523. The molecule has 1 unspecified atom stereocenters. The summed E-state index contributed by atoms with van der Waals surface area (Å²) in [6.45, 7) is 1.37. The lowest BCUT2D eigenvalue weighted by molar-refractivity contribution is -0.144. The van der Waals surface area contributed by atoms with Crippen LogP contribution in [0.15, 0.2) is 12.4 Å². The van der Waals surface area contributed by atoms with Gasteiger partial charge in [0, 0.05) is 6.54 Å². The number of rotatable bonds is 2. The third-order valence-electron chi connectivity index (χ3n) is 2.54. The maximum absolute atomic E-state index is 11.6. The molecule has 2 heterocycles. The summed E-state index contributed by atoms with van der Waals surface area (Å²) in [5, 5.41) is 0. The average Bonchev–Trinajstić information content (AvgIpc) is 2.38. The van der Waals surface area contributed by atoms with Crippen LogP contribution in [0.25, 0.3) is 0 Å². The number of esters is 1. The minimum atomic E-state index is -0.496. The number of nitrogens with two attached hydrogens (primary N) is 1. The van der Waals surface area contributed by atoms with Crippen LogP contribution in [0.3, 0.4) is 0 Å². The van der Waals surface area contributed by atoms with Crippen molar-refractivity contribution in [3.8, 4) is 0 Å². The van der Waals surface area contributed by atoms with Crippen LogP contribution in [0, 0.1) is 0 Å². The number of hydrogen-bond donors (Lipinski definition) is 1. The summed E-state index contributed by atoms with van der Waals surface area (Å²) in [4.78, 5) is 21.5. The highest BCUT2D eigenvalue weighted by molar-refractivity contribution is 5.80. The lowest BCUT2D eigenvalue weighted by Gasteiger charge is -2.34. The Morgan fingerprint density at radius 3 is 3.18 bits per heavy atom. The van der Waals surface area contributed by atoms with Crippen LogP contribution < -0.4 is 10.6 Å². The molecule has 0 amide bonds. The van der Waals surface area contributed by atoms with Gasteiger partial charge in [0.15, 0.2) is 6.04 Å². The van der Waals surface area contributed by atoms with Crippen molar-refractivity contribution in [3.63, 3.8) is 0 Å². The molecule has 2 N–H and O–H groups in total. The third kappa shape index (κ3) is 2.44. The van der Waals surface area contributed by atoms with Crippen LogP contribution in [0.5, 0.6) is 0 Å². The molecular weight excluding hydrogens is 224 g/mol. The quantitative estimate of drug-likeness (QED) is 0.690. The van der Waals surface area contributed by atoms with Crippen molar-refractivity contribution in [2.45, 2.75) is 6.04 Å². The third-order valence-corrected chi connectivity index (χ3v) is 2.54. The van der Waals surface area contributed by atoms with Gasteiger partial charge in [-0.25, -0.2) is 9.78 Å². The van der Waals surface area contributed by atoms with Crippen LogP contribution in [0.1, 0.15) is 0 Å². The molecule has 1 saturated heterocycles. The second-order valence-electron chi connectivity index (χ2n) is 3.61. The second kappa shape index (κ2) is 4.96. The predicted octanol–water partition coefficient (Wildman–Crippen LogP) is -0.563. The normalized spacial score (nSPS) is 20.1. The molecule has 17 heavy (non-hydrogen) atoms. The second-order valence-corrected chi connectivity index (χ2v) is 3.61. The number of carbonyl (C=O) groups is 1. The fourth-order valence-electron chi connectivity index (χ4n) is 1.72.